The van der Waals surface area contributed by atoms with Crippen molar-refractivity contribution in [3.05, 3.63) is 0 Å². The smallest absolute Gasteiger partial charge is 0.239 e. The van der Waals surface area contributed by atoms with E-state index in [0.29, 0.717) is 11.0 Å². The summed E-state index contributed by atoms with van der Waals surface area (Å²) in [6.07, 6.45) is -0.952. The van der Waals surface area contributed by atoms with Crippen molar-refractivity contribution in [3.63, 3.8) is 0 Å². The fourth-order valence-electron chi connectivity index (χ4n) is 1.09. The maximum absolute atomic E-state index is 11.7. The largest absolute Gasteiger partial charge is 0.316 e. The maximum atomic E-state index is 11.7. The maximum Gasteiger partial charge on any atom is 0.239 e. The molecule has 66 valence electrons. The second-order valence-corrected chi connectivity index (χ2v) is 4.07. The highest BCUT2D eigenvalue weighted by Crippen LogP contribution is 2.19. The lowest BCUT2D eigenvalue weighted by molar-refractivity contribution is 0.145. The number of thioether (sulfide) groups is 1. The van der Waals surface area contributed by atoms with E-state index < -0.39 is 6.43 Å². The van der Waals surface area contributed by atoms with Gasteiger partial charge in [0.1, 0.15) is 0 Å². The quantitative estimate of drug-likeness (QED) is 0.709. The molecule has 1 saturated heterocycles. The monoisotopic (exact) mass is 181 g/mol. The average molecular weight is 181 g/mol. The summed E-state index contributed by atoms with van der Waals surface area (Å²) in [5.74, 6) is 0.601. The van der Waals surface area contributed by atoms with Crippen LogP contribution < -0.4 is 5.32 Å². The van der Waals surface area contributed by atoms with Gasteiger partial charge in [-0.3, -0.25) is 0 Å². The lowest BCUT2D eigenvalue weighted by Crippen LogP contribution is -2.10. The number of hydrogen-bond donors (Lipinski definition) is 1. The normalized spacial score (nSPS) is 24.8. The van der Waals surface area contributed by atoms with E-state index in [1.165, 1.54) is 0 Å². The van der Waals surface area contributed by atoms with Crippen LogP contribution in [-0.2, 0) is 0 Å². The minimum atomic E-state index is -2.13. The molecule has 0 spiro atoms. The van der Waals surface area contributed by atoms with Crippen molar-refractivity contribution in [1.82, 2.24) is 5.32 Å². The summed E-state index contributed by atoms with van der Waals surface area (Å²) in [7, 11) is 0. The molecule has 0 bridgehead atoms. The van der Waals surface area contributed by atoms with Crippen LogP contribution in [0.2, 0.25) is 0 Å². The van der Waals surface area contributed by atoms with Gasteiger partial charge >= 0.3 is 0 Å². The van der Waals surface area contributed by atoms with Crippen LogP contribution >= 0.6 is 11.8 Å². The van der Waals surface area contributed by atoms with Crippen LogP contribution in [-0.4, -0.2) is 30.5 Å². The van der Waals surface area contributed by atoms with Crippen molar-refractivity contribution in [2.75, 3.05) is 18.8 Å². The van der Waals surface area contributed by atoms with Gasteiger partial charge in [-0.1, -0.05) is 0 Å². The number of rotatable bonds is 4. The van der Waals surface area contributed by atoms with Crippen LogP contribution in [0.4, 0.5) is 8.78 Å². The molecule has 1 nitrogen and oxygen atoms in total. The predicted octanol–water partition coefficient (Wildman–Crippen LogP) is 1.74. The molecule has 0 aromatic carbocycles. The standard InChI is InChI=1S/C7H13F2NS/c8-7(9)2-4-11-6-1-3-10-5-6/h6-7,10H,1-5H2. The summed E-state index contributed by atoms with van der Waals surface area (Å²) < 4.78 is 23.4. The zero-order valence-electron chi connectivity index (χ0n) is 6.35. The summed E-state index contributed by atoms with van der Waals surface area (Å²) in [4.78, 5) is 0. The molecule has 0 amide bonds. The Morgan fingerprint density at radius 2 is 2.36 bits per heavy atom. The van der Waals surface area contributed by atoms with Gasteiger partial charge < -0.3 is 5.32 Å². The van der Waals surface area contributed by atoms with E-state index in [1.54, 1.807) is 11.8 Å². The number of halogens is 2. The van der Waals surface area contributed by atoms with Crippen LogP contribution in [0.5, 0.6) is 0 Å². The van der Waals surface area contributed by atoms with Crippen molar-refractivity contribution in [1.29, 1.82) is 0 Å². The molecule has 1 fully saturated rings. The van der Waals surface area contributed by atoms with Crippen molar-refractivity contribution in [3.8, 4) is 0 Å². The first kappa shape index (κ1) is 9.26. The summed E-state index contributed by atoms with van der Waals surface area (Å²) in [6, 6.07) is 0. The van der Waals surface area contributed by atoms with Gasteiger partial charge in [0, 0.05) is 18.2 Å². The van der Waals surface area contributed by atoms with E-state index in [2.05, 4.69) is 5.32 Å². The number of nitrogens with one attached hydrogen (secondary N) is 1. The van der Waals surface area contributed by atoms with E-state index in [9.17, 15) is 8.78 Å². The SMILES string of the molecule is FC(F)CCSC1CCNC1. The van der Waals surface area contributed by atoms with Crippen molar-refractivity contribution < 1.29 is 8.78 Å². The highest BCUT2D eigenvalue weighted by atomic mass is 32.2. The van der Waals surface area contributed by atoms with Gasteiger partial charge in [-0.15, -0.1) is 0 Å². The van der Waals surface area contributed by atoms with E-state index >= 15 is 0 Å². The average Bonchev–Trinajstić information content (AvgIpc) is 2.39. The van der Waals surface area contributed by atoms with E-state index in [4.69, 9.17) is 0 Å². The Bertz CT molecular complexity index is 105. The van der Waals surface area contributed by atoms with Crippen molar-refractivity contribution in [2.24, 2.45) is 0 Å². The minimum absolute atomic E-state index is 0.0428. The fraction of sp³-hybridized carbons (Fsp3) is 1.00. The Morgan fingerprint density at radius 3 is 2.91 bits per heavy atom. The Hall–Kier alpha value is 0.170. The minimum Gasteiger partial charge on any atom is -0.316 e. The second-order valence-electron chi connectivity index (χ2n) is 2.67. The molecule has 1 rings (SSSR count). The second kappa shape index (κ2) is 4.93. The van der Waals surface area contributed by atoms with Gasteiger partial charge in [-0.25, -0.2) is 8.78 Å². The fourth-order valence-corrected chi connectivity index (χ4v) is 2.26. The number of hydrogen-bond acceptors (Lipinski definition) is 2. The van der Waals surface area contributed by atoms with Crippen LogP contribution in [0, 0.1) is 0 Å². The van der Waals surface area contributed by atoms with E-state index in [0.717, 1.165) is 19.5 Å². The summed E-state index contributed by atoms with van der Waals surface area (Å²) in [6.45, 7) is 2.04. The Balaban J connectivity index is 1.94. The molecule has 1 heterocycles. The van der Waals surface area contributed by atoms with Gasteiger partial charge in [0.25, 0.3) is 0 Å². The lowest BCUT2D eigenvalue weighted by atomic mass is 10.4. The molecule has 11 heavy (non-hydrogen) atoms. The first-order valence-electron chi connectivity index (χ1n) is 3.89. The van der Waals surface area contributed by atoms with Crippen LogP contribution in [0.1, 0.15) is 12.8 Å². The third-order valence-corrected chi connectivity index (χ3v) is 3.05. The predicted molar refractivity (Wildman–Crippen MR) is 44.4 cm³/mol. The summed E-state index contributed by atoms with van der Waals surface area (Å²) >= 11 is 1.67. The van der Waals surface area contributed by atoms with Gasteiger partial charge in [-0.2, -0.15) is 11.8 Å². The van der Waals surface area contributed by atoms with Gasteiger partial charge in [0.2, 0.25) is 6.43 Å². The summed E-state index contributed by atoms with van der Waals surface area (Å²) in [5, 5.41) is 3.78. The third kappa shape index (κ3) is 3.91. The molecular weight excluding hydrogens is 168 g/mol. The van der Waals surface area contributed by atoms with Crippen molar-refractivity contribution >= 4 is 11.8 Å². The third-order valence-electron chi connectivity index (χ3n) is 1.70. The highest BCUT2D eigenvalue weighted by molar-refractivity contribution is 7.99. The highest BCUT2D eigenvalue weighted by Gasteiger charge is 2.14. The zero-order chi connectivity index (χ0) is 8.10. The number of alkyl halides is 2. The molecule has 4 heteroatoms. The first-order chi connectivity index (χ1) is 5.29. The van der Waals surface area contributed by atoms with Crippen molar-refractivity contribution in [2.45, 2.75) is 24.5 Å². The van der Waals surface area contributed by atoms with Crippen LogP contribution in [0.15, 0.2) is 0 Å². The first-order valence-corrected chi connectivity index (χ1v) is 4.94. The van der Waals surface area contributed by atoms with Crippen LogP contribution in [0.3, 0.4) is 0 Å². The molecule has 1 aliphatic rings. The Kier molecular flexibility index (Phi) is 4.15. The van der Waals surface area contributed by atoms with E-state index in [1.807, 2.05) is 0 Å². The molecule has 0 saturated carbocycles. The van der Waals surface area contributed by atoms with Gasteiger partial charge in [0.15, 0.2) is 0 Å². The van der Waals surface area contributed by atoms with Gasteiger partial charge in [-0.05, 0) is 18.7 Å². The molecule has 0 aromatic heterocycles. The molecular formula is C7H13F2NS. The lowest BCUT2D eigenvalue weighted by Gasteiger charge is -2.06. The van der Waals surface area contributed by atoms with Crippen LogP contribution in [0.25, 0.3) is 0 Å². The topological polar surface area (TPSA) is 12.0 Å². The molecule has 1 unspecified atom stereocenters. The summed E-state index contributed by atoms with van der Waals surface area (Å²) in [5.41, 5.74) is 0. The zero-order valence-corrected chi connectivity index (χ0v) is 7.17. The Labute approximate surface area is 69.9 Å². The van der Waals surface area contributed by atoms with Gasteiger partial charge in [0.05, 0.1) is 0 Å². The molecule has 1 aliphatic heterocycles. The molecule has 0 aromatic rings. The molecule has 0 aliphatic carbocycles. The molecule has 0 radical (unpaired) electrons. The molecule has 1 atom stereocenters. The Morgan fingerprint density at radius 1 is 1.55 bits per heavy atom. The molecule has 1 N–H and O–H groups in total. The van der Waals surface area contributed by atoms with E-state index in [-0.39, 0.29) is 6.42 Å².